The Morgan fingerprint density at radius 1 is 1.77 bits per heavy atom. The van der Waals surface area contributed by atoms with Crippen molar-refractivity contribution >= 4 is 5.91 Å². The number of rotatable bonds is 3. The van der Waals surface area contributed by atoms with Gasteiger partial charge in [-0.2, -0.15) is 0 Å². The van der Waals surface area contributed by atoms with Gasteiger partial charge in [0.25, 0.3) is 0 Å². The summed E-state index contributed by atoms with van der Waals surface area (Å²) in [6.45, 7) is 3.89. The van der Waals surface area contributed by atoms with Crippen LogP contribution in [-0.2, 0) is 4.79 Å². The van der Waals surface area contributed by atoms with Crippen LogP contribution in [-0.4, -0.2) is 48.7 Å². The van der Waals surface area contributed by atoms with Crippen LogP contribution in [0.3, 0.4) is 0 Å². The highest BCUT2D eigenvalue weighted by Gasteiger charge is 2.28. The highest BCUT2D eigenvalue weighted by molar-refractivity contribution is 5.80. The van der Waals surface area contributed by atoms with E-state index in [9.17, 15) is 4.79 Å². The molecule has 1 aliphatic heterocycles. The smallest absolute Gasteiger partial charge is 0.236 e. The maximum absolute atomic E-state index is 11.3. The standard InChI is InChI=1S/C9H18N2O2/c1-7(9(13)10-2)11-4-3-8(5-11)6-12/h7-8,12H,3-6H2,1-2H3,(H,10,13)/t7?,8-/m1/s1. The monoisotopic (exact) mass is 186 g/mol. The molecule has 1 unspecified atom stereocenters. The summed E-state index contributed by atoms with van der Waals surface area (Å²) >= 11 is 0. The summed E-state index contributed by atoms with van der Waals surface area (Å²) in [6.07, 6.45) is 0.998. The molecule has 1 rings (SSSR count). The first-order chi connectivity index (χ1) is 6.19. The predicted molar refractivity (Wildman–Crippen MR) is 50.3 cm³/mol. The van der Waals surface area contributed by atoms with Crippen molar-refractivity contribution in [2.75, 3.05) is 26.7 Å². The maximum atomic E-state index is 11.3. The molecule has 0 spiro atoms. The minimum atomic E-state index is -0.0680. The lowest BCUT2D eigenvalue weighted by molar-refractivity contribution is -0.125. The first-order valence-corrected chi connectivity index (χ1v) is 4.75. The van der Waals surface area contributed by atoms with E-state index in [2.05, 4.69) is 10.2 Å². The van der Waals surface area contributed by atoms with Crippen molar-refractivity contribution in [3.63, 3.8) is 0 Å². The summed E-state index contributed by atoms with van der Waals surface area (Å²) in [5, 5.41) is 11.6. The van der Waals surface area contributed by atoms with Gasteiger partial charge in [-0.25, -0.2) is 0 Å². The topological polar surface area (TPSA) is 52.6 Å². The lowest BCUT2D eigenvalue weighted by Gasteiger charge is -2.22. The third kappa shape index (κ3) is 2.42. The predicted octanol–water partition coefficient (Wildman–Crippen LogP) is -0.565. The minimum Gasteiger partial charge on any atom is -0.396 e. The normalized spacial score (nSPS) is 25.9. The van der Waals surface area contributed by atoms with Gasteiger partial charge in [0.1, 0.15) is 0 Å². The molecule has 1 amide bonds. The third-order valence-electron chi connectivity index (χ3n) is 2.75. The first-order valence-electron chi connectivity index (χ1n) is 4.75. The molecule has 0 aliphatic carbocycles. The Morgan fingerprint density at radius 3 is 2.92 bits per heavy atom. The van der Waals surface area contributed by atoms with Gasteiger partial charge in [-0.3, -0.25) is 9.69 Å². The van der Waals surface area contributed by atoms with Crippen LogP contribution in [0.25, 0.3) is 0 Å². The zero-order chi connectivity index (χ0) is 9.84. The molecule has 0 aromatic heterocycles. The molecule has 4 heteroatoms. The molecule has 1 heterocycles. The number of nitrogens with one attached hydrogen (secondary N) is 1. The van der Waals surface area contributed by atoms with Gasteiger partial charge in [-0.15, -0.1) is 0 Å². The number of carbonyl (C=O) groups excluding carboxylic acids is 1. The molecule has 1 saturated heterocycles. The van der Waals surface area contributed by atoms with Gasteiger partial charge in [0.05, 0.1) is 6.04 Å². The van der Waals surface area contributed by atoms with E-state index in [4.69, 9.17) is 5.11 Å². The van der Waals surface area contributed by atoms with Gasteiger partial charge in [-0.1, -0.05) is 0 Å². The van der Waals surface area contributed by atoms with Crippen LogP contribution in [0.1, 0.15) is 13.3 Å². The Bertz CT molecular complexity index is 184. The summed E-state index contributed by atoms with van der Waals surface area (Å²) in [7, 11) is 1.65. The van der Waals surface area contributed by atoms with E-state index in [1.54, 1.807) is 7.05 Å². The molecule has 13 heavy (non-hydrogen) atoms. The summed E-state index contributed by atoms with van der Waals surface area (Å²) < 4.78 is 0. The van der Waals surface area contributed by atoms with E-state index in [1.807, 2.05) is 6.92 Å². The molecule has 4 nitrogen and oxygen atoms in total. The quantitative estimate of drug-likeness (QED) is 0.621. The molecule has 2 N–H and O–H groups in total. The van der Waals surface area contributed by atoms with Crippen LogP contribution in [0, 0.1) is 5.92 Å². The SMILES string of the molecule is CNC(=O)C(C)N1CC[C@@H](CO)C1. The van der Waals surface area contributed by atoms with E-state index >= 15 is 0 Å². The number of amides is 1. The Morgan fingerprint density at radius 2 is 2.46 bits per heavy atom. The minimum absolute atomic E-state index is 0.0542. The number of aliphatic hydroxyl groups excluding tert-OH is 1. The Balaban J connectivity index is 2.41. The fourth-order valence-corrected chi connectivity index (χ4v) is 1.74. The number of nitrogens with zero attached hydrogens (tertiary/aromatic N) is 1. The average Bonchev–Trinajstić information content (AvgIpc) is 2.63. The van der Waals surface area contributed by atoms with E-state index < -0.39 is 0 Å². The number of aliphatic hydroxyl groups is 1. The van der Waals surface area contributed by atoms with Crippen LogP contribution in [0.15, 0.2) is 0 Å². The van der Waals surface area contributed by atoms with Crippen molar-refractivity contribution in [1.82, 2.24) is 10.2 Å². The van der Waals surface area contributed by atoms with E-state index in [0.29, 0.717) is 5.92 Å². The van der Waals surface area contributed by atoms with Crippen LogP contribution in [0.5, 0.6) is 0 Å². The summed E-state index contributed by atoms with van der Waals surface area (Å²) in [5.41, 5.74) is 0. The van der Waals surface area contributed by atoms with Crippen LogP contribution < -0.4 is 5.32 Å². The largest absolute Gasteiger partial charge is 0.396 e. The highest BCUT2D eigenvalue weighted by atomic mass is 16.3. The molecule has 1 aliphatic rings. The van der Waals surface area contributed by atoms with E-state index in [0.717, 1.165) is 19.5 Å². The second-order valence-corrected chi connectivity index (χ2v) is 3.62. The van der Waals surface area contributed by atoms with Gasteiger partial charge in [0, 0.05) is 20.2 Å². The number of carbonyl (C=O) groups is 1. The second-order valence-electron chi connectivity index (χ2n) is 3.62. The maximum Gasteiger partial charge on any atom is 0.236 e. The number of likely N-dealkylation sites (N-methyl/N-ethyl adjacent to an activating group) is 1. The Kier molecular flexibility index (Phi) is 3.69. The fourth-order valence-electron chi connectivity index (χ4n) is 1.74. The fraction of sp³-hybridized carbons (Fsp3) is 0.889. The lowest BCUT2D eigenvalue weighted by Crippen LogP contribution is -2.42. The molecule has 0 aromatic carbocycles. The molecule has 2 atom stereocenters. The molecule has 0 bridgehead atoms. The Labute approximate surface area is 78.9 Å². The van der Waals surface area contributed by atoms with Crippen LogP contribution in [0.2, 0.25) is 0 Å². The second kappa shape index (κ2) is 4.58. The molecule has 0 radical (unpaired) electrons. The highest BCUT2D eigenvalue weighted by Crippen LogP contribution is 2.17. The number of hydrogen-bond donors (Lipinski definition) is 2. The van der Waals surface area contributed by atoms with Gasteiger partial charge < -0.3 is 10.4 Å². The molecular formula is C9H18N2O2. The van der Waals surface area contributed by atoms with Gasteiger partial charge in [0.2, 0.25) is 5.91 Å². The van der Waals surface area contributed by atoms with Crippen LogP contribution in [0.4, 0.5) is 0 Å². The van der Waals surface area contributed by atoms with Gasteiger partial charge in [-0.05, 0) is 25.8 Å². The zero-order valence-corrected chi connectivity index (χ0v) is 8.29. The Hall–Kier alpha value is -0.610. The van der Waals surface area contributed by atoms with Crippen molar-refractivity contribution in [3.05, 3.63) is 0 Å². The molecule has 0 saturated carbocycles. The van der Waals surface area contributed by atoms with E-state index in [1.165, 1.54) is 0 Å². The zero-order valence-electron chi connectivity index (χ0n) is 8.29. The summed E-state index contributed by atoms with van der Waals surface area (Å²) in [6, 6.07) is -0.0680. The van der Waals surface area contributed by atoms with Crippen molar-refractivity contribution in [2.45, 2.75) is 19.4 Å². The number of likely N-dealkylation sites (tertiary alicyclic amines) is 1. The van der Waals surface area contributed by atoms with E-state index in [-0.39, 0.29) is 18.6 Å². The van der Waals surface area contributed by atoms with Crippen molar-refractivity contribution < 1.29 is 9.90 Å². The lowest BCUT2D eigenvalue weighted by atomic mass is 10.1. The van der Waals surface area contributed by atoms with Crippen molar-refractivity contribution in [1.29, 1.82) is 0 Å². The summed E-state index contributed by atoms with van der Waals surface area (Å²) in [4.78, 5) is 13.4. The van der Waals surface area contributed by atoms with Gasteiger partial charge >= 0.3 is 0 Å². The number of hydrogen-bond acceptors (Lipinski definition) is 3. The average molecular weight is 186 g/mol. The molecular weight excluding hydrogens is 168 g/mol. The summed E-state index contributed by atoms with van der Waals surface area (Å²) in [5.74, 6) is 0.408. The van der Waals surface area contributed by atoms with Crippen molar-refractivity contribution in [2.24, 2.45) is 5.92 Å². The third-order valence-corrected chi connectivity index (χ3v) is 2.75. The first kappa shape index (κ1) is 10.5. The van der Waals surface area contributed by atoms with Gasteiger partial charge in [0.15, 0.2) is 0 Å². The van der Waals surface area contributed by atoms with Crippen LogP contribution >= 0.6 is 0 Å². The van der Waals surface area contributed by atoms with Crippen molar-refractivity contribution in [3.8, 4) is 0 Å². The molecule has 0 aromatic rings. The molecule has 76 valence electrons. The molecule has 1 fully saturated rings.